The highest BCUT2D eigenvalue weighted by Crippen LogP contribution is 2.32. The van der Waals surface area contributed by atoms with Crippen LogP contribution in [0.4, 0.5) is 0 Å². The van der Waals surface area contributed by atoms with Crippen molar-refractivity contribution in [2.24, 2.45) is 0 Å². The number of rotatable bonds is 7. The van der Waals surface area contributed by atoms with E-state index in [2.05, 4.69) is 4.72 Å². The summed E-state index contributed by atoms with van der Waals surface area (Å²) in [6.45, 7) is 2.61. The van der Waals surface area contributed by atoms with Gasteiger partial charge in [-0.1, -0.05) is 12.1 Å². The third kappa shape index (κ3) is 4.44. The van der Waals surface area contributed by atoms with E-state index in [1.54, 1.807) is 17.0 Å². The Bertz CT molecular complexity index is 1050. The largest absolute Gasteiger partial charge is 0.454 e. The second-order valence-electron chi connectivity index (χ2n) is 7.56. The normalized spacial score (nSPS) is 15.0. The van der Waals surface area contributed by atoms with E-state index in [1.807, 2.05) is 31.2 Å². The number of carbonyl (C=O) groups excluding carboxylic acids is 1. The zero-order valence-corrected chi connectivity index (χ0v) is 17.8. The van der Waals surface area contributed by atoms with Crippen molar-refractivity contribution in [3.05, 3.63) is 53.1 Å². The second-order valence-corrected chi connectivity index (χ2v) is 9.32. The number of sulfonamides is 1. The molecule has 2 aromatic carbocycles. The fourth-order valence-electron chi connectivity index (χ4n) is 3.86. The molecule has 0 radical (unpaired) electrons. The summed E-state index contributed by atoms with van der Waals surface area (Å²) < 4.78 is 38.6. The monoisotopic (exact) mass is 430 g/mol. The summed E-state index contributed by atoms with van der Waals surface area (Å²) in [5, 5.41) is 0. The molecule has 1 heterocycles. The highest BCUT2D eigenvalue weighted by atomic mass is 32.2. The molecule has 0 aromatic heterocycles. The Labute approximate surface area is 177 Å². The van der Waals surface area contributed by atoms with E-state index in [-0.39, 0.29) is 24.1 Å². The molecule has 160 valence electrons. The van der Waals surface area contributed by atoms with Crippen LogP contribution in [0.3, 0.4) is 0 Å². The fourth-order valence-corrected chi connectivity index (χ4v) is 4.89. The lowest BCUT2D eigenvalue weighted by Gasteiger charge is -2.21. The predicted octanol–water partition coefficient (Wildman–Crippen LogP) is 2.62. The molecule has 1 N–H and O–H groups in total. The van der Waals surface area contributed by atoms with Crippen molar-refractivity contribution in [1.82, 2.24) is 9.62 Å². The average Bonchev–Trinajstić information content (AvgIpc) is 3.23. The zero-order chi connectivity index (χ0) is 21.1. The van der Waals surface area contributed by atoms with E-state index in [0.717, 1.165) is 36.8 Å². The van der Waals surface area contributed by atoms with Crippen LogP contribution >= 0.6 is 0 Å². The summed E-state index contributed by atoms with van der Waals surface area (Å²) in [6.07, 6.45) is 4.11. The molecule has 4 rings (SSSR count). The van der Waals surface area contributed by atoms with Gasteiger partial charge in [0.15, 0.2) is 11.5 Å². The number of aryl methyl sites for hydroxylation is 2. The van der Waals surface area contributed by atoms with E-state index in [9.17, 15) is 13.2 Å². The smallest absolute Gasteiger partial charge is 0.241 e. The van der Waals surface area contributed by atoms with Gasteiger partial charge in [0.25, 0.3) is 0 Å². The minimum absolute atomic E-state index is 0.194. The highest BCUT2D eigenvalue weighted by Gasteiger charge is 2.21. The second kappa shape index (κ2) is 8.65. The predicted molar refractivity (Wildman–Crippen MR) is 112 cm³/mol. The average molecular weight is 431 g/mol. The molecule has 30 heavy (non-hydrogen) atoms. The van der Waals surface area contributed by atoms with Gasteiger partial charge in [-0.25, -0.2) is 13.1 Å². The molecule has 2 aliphatic rings. The Balaban J connectivity index is 1.39. The molecule has 0 fully saturated rings. The molecule has 0 unspecified atom stereocenters. The van der Waals surface area contributed by atoms with Crippen molar-refractivity contribution < 1.29 is 22.7 Å². The first-order valence-corrected chi connectivity index (χ1v) is 11.7. The molecule has 8 heteroatoms. The minimum atomic E-state index is -3.75. The summed E-state index contributed by atoms with van der Waals surface area (Å²) >= 11 is 0. The molecule has 0 saturated carbocycles. The Morgan fingerprint density at radius 3 is 2.60 bits per heavy atom. The Hall–Kier alpha value is -2.58. The Morgan fingerprint density at radius 1 is 1.03 bits per heavy atom. The van der Waals surface area contributed by atoms with Gasteiger partial charge in [0.2, 0.25) is 22.7 Å². The topological polar surface area (TPSA) is 84.9 Å². The third-order valence-electron chi connectivity index (χ3n) is 5.59. The van der Waals surface area contributed by atoms with Crippen molar-refractivity contribution >= 4 is 15.9 Å². The summed E-state index contributed by atoms with van der Waals surface area (Å²) in [6, 6.07) is 10.8. The summed E-state index contributed by atoms with van der Waals surface area (Å²) in [5.74, 6) is 1.06. The molecule has 1 aliphatic heterocycles. The molecule has 1 aliphatic carbocycles. The van der Waals surface area contributed by atoms with Crippen LogP contribution in [0.15, 0.2) is 41.3 Å². The Morgan fingerprint density at radius 2 is 1.80 bits per heavy atom. The zero-order valence-electron chi connectivity index (χ0n) is 17.0. The molecule has 0 bridgehead atoms. The van der Waals surface area contributed by atoms with Gasteiger partial charge in [0, 0.05) is 13.1 Å². The fraction of sp³-hybridized carbons (Fsp3) is 0.409. The first kappa shape index (κ1) is 20.7. The molecular formula is C22H26N2O5S. The molecule has 0 spiro atoms. The van der Waals surface area contributed by atoms with Gasteiger partial charge in [-0.15, -0.1) is 0 Å². The van der Waals surface area contributed by atoms with E-state index >= 15 is 0 Å². The van der Waals surface area contributed by atoms with Crippen LogP contribution in [0, 0.1) is 0 Å². The standard InChI is InChI=1S/C22H26N2O5S/c1-2-24(14-16-7-10-20-21(11-16)29-15-28-20)22(25)13-23-30(26,27)19-9-8-17-5-3-4-6-18(17)12-19/h7-12,23H,2-6,13-15H2,1H3. The number of amides is 1. The number of nitrogens with one attached hydrogen (secondary N) is 1. The van der Waals surface area contributed by atoms with Gasteiger partial charge in [-0.05, 0) is 73.6 Å². The lowest BCUT2D eigenvalue weighted by molar-refractivity contribution is -0.130. The summed E-state index contributed by atoms with van der Waals surface area (Å²) in [4.78, 5) is 14.5. The number of hydrogen-bond acceptors (Lipinski definition) is 5. The van der Waals surface area contributed by atoms with Crippen LogP contribution in [-0.2, 0) is 34.2 Å². The maximum Gasteiger partial charge on any atom is 0.241 e. The van der Waals surface area contributed by atoms with Crippen LogP contribution in [0.1, 0.15) is 36.5 Å². The number of ether oxygens (including phenoxy) is 2. The number of likely N-dealkylation sites (N-methyl/N-ethyl adjacent to an activating group) is 1. The summed E-state index contributed by atoms with van der Waals surface area (Å²) in [5.41, 5.74) is 3.21. The maximum absolute atomic E-state index is 12.7. The first-order valence-electron chi connectivity index (χ1n) is 10.2. The first-order chi connectivity index (χ1) is 14.5. The number of hydrogen-bond donors (Lipinski definition) is 1. The lowest BCUT2D eigenvalue weighted by atomic mass is 9.92. The van der Waals surface area contributed by atoms with Crippen molar-refractivity contribution in [3.63, 3.8) is 0 Å². The van der Waals surface area contributed by atoms with Gasteiger partial charge in [-0.3, -0.25) is 4.79 Å². The minimum Gasteiger partial charge on any atom is -0.454 e. The van der Waals surface area contributed by atoms with E-state index < -0.39 is 10.0 Å². The molecule has 2 aromatic rings. The van der Waals surface area contributed by atoms with Crippen molar-refractivity contribution in [2.45, 2.75) is 44.0 Å². The van der Waals surface area contributed by atoms with E-state index in [1.165, 1.54) is 5.56 Å². The van der Waals surface area contributed by atoms with E-state index in [4.69, 9.17) is 9.47 Å². The van der Waals surface area contributed by atoms with Gasteiger partial charge in [0.05, 0.1) is 11.4 Å². The number of carbonyl (C=O) groups is 1. The van der Waals surface area contributed by atoms with Crippen LogP contribution in [-0.4, -0.2) is 39.1 Å². The third-order valence-corrected chi connectivity index (χ3v) is 6.99. The van der Waals surface area contributed by atoms with Crippen molar-refractivity contribution in [1.29, 1.82) is 0 Å². The van der Waals surface area contributed by atoms with Gasteiger partial charge in [-0.2, -0.15) is 0 Å². The quantitative estimate of drug-likeness (QED) is 0.730. The molecular weight excluding hydrogens is 404 g/mol. The van der Waals surface area contributed by atoms with Gasteiger partial charge < -0.3 is 14.4 Å². The number of fused-ring (bicyclic) bond motifs is 2. The van der Waals surface area contributed by atoms with Gasteiger partial charge >= 0.3 is 0 Å². The Kier molecular flexibility index (Phi) is 5.97. The summed E-state index contributed by atoms with van der Waals surface area (Å²) in [7, 11) is -3.75. The van der Waals surface area contributed by atoms with Crippen molar-refractivity contribution in [2.75, 3.05) is 19.9 Å². The van der Waals surface area contributed by atoms with Crippen molar-refractivity contribution in [3.8, 4) is 11.5 Å². The van der Waals surface area contributed by atoms with Crippen LogP contribution in [0.2, 0.25) is 0 Å². The molecule has 0 atom stereocenters. The van der Waals surface area contributed by atoms with Crippen LogP contribution in [0.5, 0.6) is 11.5 Å². The molecule has 0 saturated heterocycles. The van der Waals surface area contributed by atoms with Gasteiger partial charge in [0.1, 0.15) is 0 Å². The maximum atomic E-state index is 12.7. The number of nitrogens with zero attached hydrogens (tertiary/aromatic N) is 1. The SMILES string of the molecule is CCN(Cc1ccc2c(c1)OCO2)C(=O)CNS(=O)(=O)c1ccc2c(c1)CCCC2. The van der Waals surface area contributed by atoms with E-state index in [0.29, 0.717) is 24.6 Å². The highest BCUT2D eigenvalue weighted by molar-refractivity contribution is 7.89. The molecule has 1 amide bonds. The van der Waals surface area contributed by atoms with Crippen LogP contribution < -0.4 is 14.2 Å². The molecule has 7 nitrogen and oxygen atoms in total. The number of benzene rings is 2. The lowest BCUT2D eigenvalue weighted by Crippen LogP contribution is -2.39. The van der Waals surface area contributed by atoms with Crippen LogP contribution in [0.25, 0.3) is 0 Å².